The fourth-order valence-corrected chi connectivity index (χ4v) is 4.67. The predicted octanol–water partition coefficient (Wildman–Crippen LogP) is 6.18. The number of benzene rings is 3. The normalized spacial score (nSPS) is 10.5. The minimum absolute atomic E-state index is 0.00606. The van der Waals surface area contributed by atoms with Crippen molar-refractivity contribution in [1.82, 2.24) is 4.90 Å². The van der Waals surface area contributed by atoms with Crippen molar-refractivity contribution in [2.75, 3.05) is 20.7 Å². The molecule has 3 N–H and O–H groups in total. The Morgan fingerprint density at radius 1 is 0.814 bits per heavy atom. The average Bonchev–Trinajstić information content (AvgIpc) is 2.97. The van der Waals surface area contributed by atoms with Gasteiger partial charge < -0.3 is 25.0 Å². The number of phenols is 1. The van der Waals surface area contributed by atoms with Crippen LogP contribution < -0.4 is 4.74 Å². The first-order chi connectivity index (χ1) is 20.6. The number of carboxylic acids is 2. The van der Waals surface area contributed by atoms with E-state index in [1.54, 1.807) is 44.4 Å². The third-order valence-corrected chi connectivity index (χ3v) is 6.88. The number of unbranched alkanes of at least 4 members (excludes halogenated alkanes) is 3. The second kappa shape index (κ2) is 16.6. The van der Waals surface area contributed by atoms with Crippen LogP contribution in [-0.4, -0.2) is 58.8 Å². The highest BCUT2D eigenvalue weighted by atomic mass is 16.5. The number of aliphatic carboxylic acids is 2. The van der Waals surface area contributed by atoms with E-state index in [1.807, 2.05) is 30.3 Å². The molecule has 0 saturated carbocycles. The molecule has 0 radical (unpaired) electrons. The van der Waals surface area contributed by atoms with E-state index in [0.29, 0.717) is 30.6 Å². The Balaban J connectivity index is 1.61. The molecule has 0 spiro atoms. The van der Waals surface area contributed by atoms with Gasteiger partial charge in [-0.05, 0) is 90.8 Å². The average molecular weight is 586 g/mol. The Morgan fingerprint density at radius 3 is 2.26 bits per heavy atom. The molecular formula is C35H39NO7. The number of hydrogen-bond acceptors (Lipinski definition) is 5. The molecule has 0 aliphatic rings. The summed E-state index contributed by atoms with van der Waals surface area (Å²) in [5.74, 6) is 5.37. The van der Waals surface area contributed by atoms with Crippen LogP contribution in [0, 0.1) is 11.8 Å². The number of ether oxygens (including phenoxy) is 1. The van der Waals surface area contributed by atoms with Crippen LogP contribution in [0.1, 0.15) is 72.0 Å². The number of aryl methyl sites for hydroxylation is 1. The monoisotopic (exact) mass is 585 g/mol. The molecule has 0 heterocycles. The van der Waals surface area contributed by atoms with Crippen molar-refractivity contribution >= 4 is 17.8 Å². The number of carbonyl (C=O) groups excluding carboxylic acids is 1. The summed E-state index contributed by atoms with van der Waals surface area (Å²) in [6.07, 6.45) is 4.96. The van der Waals surface area contributed by atoms with Crippen LogP contribution in [0.2, 0.25) is 0 Å². The molecular weight excluding hydrogens is 546 g/mol. The molecule has 0 aromatic heterocycles. The summed E-state index contributed by atoms with van der Waals surface area (Å²) in [7, 11) is 3.42. The van der Waals surface area contributed by atoms with Crippen LogP contribution in [-0.2, 0) is 22.4 Å². The summed E-state index contributed by atoms with van der Waals surface area (Å²) < 4.78 is 5.83. The van der Waals surface area contributed by atoms with E-state index >= 15 is 0 Å². The zero-order chi connectivity index (χ0) is 31.2. The van der Waals surface area contributed by atoms with Gasteiger partial charge in [-0.15, -0.1) is 0 Å². The van der Waals surface area contributed by atoms with E-state index in [1.165, 1.54) is 4.90 Å². The molecule has 8 heteroatoms. The Bertz CT molecular complexity index is 1470. The van der Waals surface area contributed by atoms with Gasteiger partial charge in [-0.3, -0.25) is 14.4 Å². The van der Waals surface area contributed by atoms with Crippen LogP contribution >= 0.6 is 0 Å². The predicted molar refractivity (Wildman–Crippen MR) is 165 cm³/mol. The van der Waals surface area contributed by atoms with E-state index < -0.39 is 11.9 Å². The molecule has 226 valence electrons. The maximum Gasteiger partial charge on any atom is 0.303 e. The van der Waals surface area contributed by atoms with Crippen LogP contribution in [0.4, 0.5) is 0 Å². The maximum atomic E-state index is 12.7. The first-order valence-corrected chi connectivity index (χ1v) is 14.5. The first-order valence-electron chi connectivity index (χ1n) is 14.5. The molecule has 0 unspecified atom stereocenters. The van der Waals surface area contributed by atoms with Gasteiger partial charge in [-0.25, -0.2) is 0 Å². The van der Waals surface area contributed by atoms with Gasteiger partial charge in [0.25, 0.3) is 5.91 Å². The number of hydrogen-bond donors (Lipinski definition) is 3. The van der Waals surface area contributed by atoms with Crippen molar-refractivity contribution in [3.05, 3.63) is 82.9 Å². The molecule has 3 aromatic carbocycles. The Hall–Kier alpha value is -4.77. The quantitative estimate of drug-likeness (QED) is 0.144. The van der Waals surface area contributed by atoms with Gasteiger partial charge in [0, 0.05) is 44.5 Å². The SMILES string of the molecule is CN(C)C(=O)c1cc(C#CCCCCCc2cccc(OCCCC(=O)O)c2CCC(=O)O)cc(-c2ccc(O)cc2)c1. The van der Waals surface area contributed by atoms with Crippen LogP contribution in [0.25, 0.3) is 11.1 Å². The molecule has 3 aromatic rings. The topological polar surface area (TPSA) is 124 Å². The summed E-state index contributed by atoms with van der Waals surface area (Å²) >= 11 is 0. The fourth-order valence-electron chi connectivity index (χ4n) is 4.67. The Labute approximate surface area is 252 Å². The van der Waals surface area contributed by atoms with E-state index in [-0.39, 0.29) is 31.1 Å². The van der Waals surface area contributed by atoms with Crippen LogP contribution in [0.15, 0.2) is 60.7 Å². The van der Waals surface area contributed by atoms with E-state index in [9.17, 15) is 24.6 Å². The fraction of sp³-hybridized carbons (Fsp3) is 0.343. The molecule has 3 rings (SSSR count). The van der Waals surface area contributed by atoms with Gasteiger partial charge in [0.15, 0.2) is 0 Å². The number of carbonyl (C=O) groups is 3. The molecule has 43 heavy (non-hydrogen) atoms. The van der Waals surface area contributed by atoms with E-state index in [2.05, 4.69) is 11.8 Å². The second-order valence-electron chi connectivity index (χ2n) is 10.5. The minimum Gasteiger partial charge on any atom is -0.508 e. The number of rotatable bonds is 15. The van der Waals surface area contributed by atoms with Crippen molar-refractivity contribution < 1.29 is 34.4 Å². The number of carboxylic acid groups (broad SMARTS) is 2. The number of aromatic hydroxyl groups is 1. The molecule has 0 atom stereocenters. The highest BCUT2D eigenvalue weighted by molar-refractivity contribution is 5.95. The molecule has 0 fully saturated rings. The van der Waals surface area contributed by atoms with Crippen molar-refractivity contribution in [3.63, 3.8) is 0 Å². The van der Waals surface area contributed by atoms with Crippen molar-refractivity contribution in [1.29, 1.82) is 0 Å². The third kappa shape index (κ3) is 10.9. The number of nitrogens with zero attached hydrogens (tertiary/aromatic N) is 1. The van der Waals surface area contributed by atoms with Crippen molar-refractivity contribution in [2.45, 2.75) is 57.8 Å². The van der Waals surface area contributed by atoms with Crippen molar-refractivity contribution in [2.24, 2.45) is 0 Å². The first kappa shape index (κ1) is 32.7. The van der Waals surface area contributed by atoms with E-state index in [4.69, 9.17) is 9.84 Å². The Kier molecular flexibility index (Phi) is 12.7. The number of phenolic OH excluding ortho intramolecular Hbond substituents is 1. The van der Waals surface area contributed by atoms with Crippen LogP contribution in [0.3, 0.4) is 0 Å². The van der Waals surface area contributed by atoms with Crippen LogP contribution in [0.5, 0.6) is 11.5 Å². The van der Waals surface area contributed by atoms with Gasteiger partial charge >= 0.3 is 11.9 Å². The second-order valence-corrected chi connectivity index (χ2v) is 10.5. The smallest absolute Gasteiger partial charge is 0.303 e. The third-order valence-electron chi connectivity index (χ3n) is 6.88. The largest absolute Gasteiger partial charge is 0.508 e. The lowest BCUT2D eigenvalue weighted by molar-refractivity contribution is -0.138. The lowest BCUT2D eigenvalue weighted by atomic mass is 9.96. The molecule has 0 aliphatic carbocycles. The summed E-state index contributed by atoms with van der Waals surface area (Å²) in [5, 5.41) is 27.7. The van der Waals surface area contributed by atoms with Gasteiger partial charge in [0.2, 0.25) is 0 Å². The molecule has 1 amide bonds. The zero-order valence-electron chi connectivity index (χ0n) is 24.8. The standard InChI is InChI=1S/C35H39NO7/c1-36(2)35(42)29-23-25(22-28(24-29)26-15-17-30(37)18-16-26)10-6-4-3-5-7-11-27-12-8-13-32(31(27)19-20-34(40)41)43-21-9-14-33(38)39/h8,12-13,15-18,22-24,37H,3-5,7,9,11,14,19-21H2,1-2H3,(H,38,39)(H,40,41). The maximum absolute atomic E-state index is 12.7. The highest BCUT2D eigenvalue weighted by Crippen LogP contribution is 2.27. The van der Waals surface area contributed by atoms with Gasteiger partial charge in [0.1, 0.15) is 11.5 Å². The minimum atomic E-state index is -0.878. The summed E-state index contributed by atoms with van der Waals surface area (Å²) in [6.45, 7) is 0.261. The van der Waals surface area contributed by atoms with Gasteiger partial charge in [0.05, 0.1) is 6.61 Å². The van der Waals surface area contributed by atoms with Gasteiger partial charge in [-0.2, -0.15) is 0 Å². The lowest BCUT2D eigenvalue weighted by Gasteiger charge is -2.15. The highest BCUT2D eigenvalue weighted by Gasteiger charge is 2.13. The molecule has 8 nitrogen and oxygen atoms in total. The number of amides is 1. The lowest BCUT2D eigenvalue weighted by Crippen LogP contribution is -2.21. The molecule has 0 saturated heterocycles. The van der Waals surface area contributed by atoms with Crippen molar-refractivity contribution in [3.8, 4) is 34.5 Å². The summed E-state index contributed by atoms with van der Waals surface area (Å²) in [4.78, 5) is 36.2. The zero-order valence-corrected chi connectivity index (χ0v) is 24.8. The van der Waals surface area contributed by atoms with Gasteiger partial charge in [-0.1, -0.05) is 42.5 Å². The van der Waals surface area contributed by atoms with E-state index in [0.717, 1.165) is 53.5 Å². The molecule has 0 bridgehead atoms. The summed E-state index contributed by atoms with van der Waals surface area (Å²) in [6, 6.07) is 18.1. The summed E-state index contributed by atoms with van der Waals surface area (Å²) in [5.41, 5.74) is 4.95. The Morgan fingerprint density at radius 2 is 1.56 bits per heavy atom. The molecule has 0 aliphatic heterocycles.